The normalized spacial score (nSPS) is 15.4. The SMILES string of the molecule is Cc1ccc(C(=O)O)cc1-n1c(C)cc(/C=C2\C(=O)N(C)C(=O)N(c3ccccc3)C2=O)c1C. The van der Waals surface area contributed by atoms with Crippen LogP contribution >= 0.6 is 0 Å². The summed E-state index contributed by atoms with van der Waals surface area (Å²) in [6.45, 7) is 5.57. The molecule has 1 aliphatic heterocycles. The Morgan fingerprint density at radius 1 is 0.912 bits per heavy atom. The number of urea groups is 1. The van der Waals surface area contributed by atoms with E-state index in [1.165, 1.54) is 13.1 Å². The van der Waals surface area contributed by atoms with E-state index in [2.05, 4.69) is 0 Å². The Bertz CT molecular complexity index is 1380. The van der Waals surface area contributed by atoms with Crippen LogP contribution in [-0.4, -0.2) is 45.4 Å². The van der Waals surface area contributed by atoms with Crippen molar-refractivity contribution >= 4 is 35.6 Å². The Morgan fingerprint density at radius 2 is 1.59 bits per heavy atom. The van der Waals surface area contributed by atoms with Gasteiger partial charge in [0.2, 0.25) is 0 Å². The van der Waals surface area contributed by atoms with Gasteiger partial charge in [-0.2, -0.15) is 0 Å². The van der Waals surface area contributed by atoms with Crippen molar-refractivity contribution < 1.29 is 24.3 Å². The van der Waals surface area contributed by atoms with E-state index < -0.39 is 23.8 Å². The quantitative estimate of drug-likeness (QED) is 0.470. The number of carboxylic acid groups (broad SMARTS) is 1. The molecule has 3 aromatic rings. The van der Waals surface area contributed by atoms with Gasteiger partial charge in [0.1, 0.15) is 5.57 Å². The number of likely N-dealkylation sites (N-methyl/N-ethyl adjacent to an activating group) is 1. The van der Waals surface area contributed by atoms with Crippen molar-refractivity contribution in [3.05, 3.63) is 88.2 Å². The van der Waals surface area contributed by atoms with Crippen molar-refractivity contribution in [1.82, 2.24) is 9.47 Å². The van der Waals surface area contributed by atoms with Crippen LogP contribution in [0.5, 0.6) is 0 Å². The molecule has 2 heterocycles. The van der Waals surface area contributed by atoms with Gasteiger partial charge in [-0.3, -0.25) is 14.5 Å². The molecule has 4 rings (SSSR count). The van der Waals surface area contributed by atoms with Crippen molar-refractivity contribution in [1.29, 1.82) is 0 Å². The van der Waals surface area contributed by atoms with E-state index in [4.69, 9.17) is 0 Å². The molecule has 34 heavy (non-hydrogen) atoms. The van der Waals surface area contributed by atoms with Gasteiger partial charge in [0, 0.05) is 24.1 Å². The summed E-state index contributed by atoms with van der Waals surface area (Å²) in [6.07, 6.45) is 1.48. The highest BCUT2D eigenvalue weighted by atomic mass is 16.4. The number of rotatable bonds is 4. The van der Waals surface area contributed by atoms with Gasteiger partial charge < -0.3 is 9.67 Å². The molecule has 1 fully saturated rings. The molecule has 0 bridgehead atoms. The van der Waals surface area contributed by atoms with E-state index in [9.17, 15) is 24.3 Å². The molecule has 1 saturated heterocycles. The summed E-state index contributed by atoms with van der Waals surface area (Å²) < 4.78 is 1.88. The van der Waals surface area contributed by atoms with Crippen LogP contribution in [0.2, 0.25) is 0 Å². The number of carbonyl (C=O) groups excluding carboxylic acids is 3. The largest absolute Gasteiger partial charge is 0.478 e. The summed E-state index contributed by atoms with van der Waals surface area (Å²) in [4.78, 5) is 52.2. The maximum absolute atomic E-state index is 13.3. The van der Waals surface area contributed by atoms with E-state index in [0.29, 0.717) is 16.9 Å². The zero-order valence-electron chi connectivity index (χ0n) is 19.2. The molecule has 0 aliphatic carbocycles. The van der Waals surface area contributed by atoms with Crippen LogP contribution in [0.3, 0.4) is 0 Å². The number of barbiturate groups is 1. The number of carboxylic acids is 1. The lowest BCUT2D eigenvalue weighted by Gasteiger charge is -2.31. The number of anilines is 1. The lowest BCUT2D eigenvalue weighted by molar-refractivity contribution is -0.128. The second-order valence-electron chi connectivity index (χ2n) is 8.15. The molecule has 8 nitrogen and oxygen atoms in total. The average Bonchev–Trinajstić information content (AvgIpc) is 3.09. The van der Waals surface area contributed by atoms with Gasteiger partial charge in [0.15, 0.2) is 0 Å². The van der Waals surface area contributed by atoms with Gasteiger partial charge in [0.05, 0.1) is 11.3 Å². The summed E-state index contributed by atoms with van der Waals surface area (Å²) in [7, 11) is 1.34. The Morgan fingerprint density at radius 3 is 2.24 bits per heavy atom. The minimum atomic E-state index is -1.03. The van der Waals surface area contributed by atoms with Crippen LogP contribution in [0.1, 0.15) is 32.9 Å². The third-order valence-electron chi connectivity index (χ3n) is 5.93. The molecular weight excluding hydrogens is 434 g/mol. The number of para-hydroxylation sites is 1. The van der Waals surface area contributed by atoms with Gasteiger partial charge in [0.25, 0.3) is 11.8 Å². The van der Waals surface area contributed by atoms with Crippen LogP contribution in [0, 0.1) is 20.8 Å². The highest BCUT2D eigenvalue weighted by Crippen LogP contribution is 2.29. The molecule has 4 amide bonds. The molecule has 172 valence electrons. The Kier molecular flexibility index (Phi) is 5.66. The van der Waals surface area contributed by atoms with Crippen molar-refractivity contribution in [3.8, 4) is 5.69 Å². The van der Waals surface area contributed by atoms with Gasteiger partial charge in [-0.25, -0.2) is 14.5 Å². The van der Waals surface area contributed by atoms with Crippen LogP contribution in [-0.2, 0) is 9.59 Å². The van der Waals surface area contributed by atoms with E-state index in [-0.39, 0.29) is 11.1 Å². The Labute approximate surface area is 196 Å². The number of aromatic nitrogens is 1. The fourth-order valence-corrected chi connectivity index (χ4v) is 4.09. The minimum absolute atomic E-state index is 0.137. The predicted octanol–water partition coefficient (Wildman–Crippen LogP) is 4.11. The van der Waals surface area contributed by atoms with Gasteiger partial charge in [-0.05, 0) is 68.3 Å². The lowest BCUT2D eigenvalue weighted by atomic mass is 10.1. The second kappa shape index (κ2) is 8.47. The molecule has 0 spiro atoms. The fourth-order valence-electron chi connectivity index (χ4n) is 4.09. The Balaban J connectivity index is 1.83. The van der Waals surface area contributed by atoms with E-state index in [0.717, 1.165) is 26.8 Å². The molecule has 1 aliphatic rings. The molecule has 0 saturated carbocycles. The number of imide groups is 2. The average molecular weight is 457 g/mol. The molecule has 8 heteroatoms. The molecule has 0 unspecified atom stereocenters. The molecule has 1 aromatic heterocycles. The summed E-state index contributed by atoms with van der Waals surface area (Å²) in [6, 6.07) is 14.4. The van der Waals surface area contributed by atoms with Crippen LogP contribution in [0.4, 0.5) is 10.5 Å². The third-order valence-corrected chi connectivity index (χ3v) is 5.93. The molecule has 0 radical (unpaired) electrons. The zero-order chi connectivity index (χ0) is 24.7. The van der Waals surface area contributed by atoms with Crippen LogP contribution in [0.15, 0.2) is 60.2 Å². The summed E-state index contributed by atoms with van der Waals surface area (Å²) in [5.41, 5.74) is 4.10. The summed E-state index contributed by atoms with van der Waals surface area (Å²) in [5.74, 6) is -2.41. The van der Waals surface area contributed by atoms with Crippen molar-refractivity contribution in [2.24, 2.45) is 0 Å². The number of benzene rings is 2. The number of hydrogen-bond acceptors (Lipinski definition) is 4. The molecule has 0 atom stereocenters. The molecule has 1 N–H and O–H groups in total. The maximum Gasteiger partial charge on any atom is 0.338 e. The fraction of sp³-hybridized carbons (Fsp3) is 0.154. The van der Waals surface area contributed by atoms with Gasteiger partial charge in [-0.1, -0.05) is 24.3 Å². The third kappa shape index (κ3) is 3.69. The van der Waals surface area contributed by atoms with Crippen LogP contribution < -0.4 is 4.90 Å². The topological polar surface area (TPSA) is 99.9 Å². The first-order valence-corrected chi connectivity index (χ1v) is 10.6. The van der Waals surface area contributed by atoms with E-state index >= 15 is 0 Å². The number of amides is 4. The van der Waals surface area contributed by atoms with Crippen molar-refractivity contribution in [3.63, 3.8) is 0 Å². The first kappa shape index (κ1) is 22.7. The van der Waals surface area contributed by atoms with E-state index in [1.807, 2.05) is 31.4 Å². The molecular formula is C26H23N3O5. The highest BCUT2D eigenvalue weighted by molar-refractivity contribution is 6.39. The monoisotopic (exact) mass is 457 g/mol. The Hall–Kier alpha value is -4.46. The first-order valence-electron chi connectivity index (χ1n) is 10.6. The standard InChI is InChI=1S/C26H23N3O5/c1-15-10-11-18(25(32)33)14-22(15)28-16(2)12-19(17(28)3)13-21-23(30)27(4)26(34)29(24(21)31)20-8-6-5-7-9-20/h5-14H,1-4H3,(H,32,33)/b21-13+. The van der Waals surface area contributed by atoms with Gasteiger partial charge in [-0.15, -0.1) is 0 Å². The highest BCUT2D eigenvalue weighted by Gasteiger charge is 2.41. The van der Waals surface area contributed by atoms with Crippen LogP contribution in [0.25, 0.3) is 11.8 Å². The second-order valence-corrected chi connectivity index (χ2v) is 8.15. The lowest BCUT2D eigenvalue weighted by Crippen LogP contribution is -2.55. The van der Waals surface area contributed by atoms with E-state index in [1.54, 1.807) is 48.5 Å². The molecule has 2 aromatic carbocycles. The first-order chi connectivity index (χ1) is 16.1. The maximum atomic E-state index is 13.3. The number of hydrogen-bond donors (Lipinski definition) is 1. The van der Waals surface area contributed by atoms with Gasteiger partial charge >= 0.3 is 12.0 Å². The minimum Gasteiger partial charge on any atom is -0.478 e. The summed E-state index contributed by atoms with van der Waals surface area (Å²) in [5, 5.41) is 9.40. The number of nitrogens with zero attached hydrogens (tertiary/aromatic N) is 3. The number of carbonyl (C=O) groups is 4. The summed E-state index contributed by atoms with van der Waals surface area (Å²) >= 11 is 0. The smallest absolute Gasteiger partial charge is 0.338 e. The number of aryl methyl sites for hydroxylation is 2. The number of aromatic carboxylic acids is 1. The van der Waals surface area contributed by atoms with Crippen molar-refractivity contribution in [2.75, 3.05) is 11.9 Å². The zero-order valence-corrected chi connectivity index (χ0v) is 19.2. The predicted molar refractivity (Wildman–Crippen MR) is 127 cm³/mol. The van der Waals surface area contributed by atoms with Crippen molar-refractivity contribution in [2.45, 2.75) is 20.8 Å².